The molecule has 17 heavy (non-hydrogen) atoms. The van der Waals surface area contributed by atoms with Crippen LogP contribution in [0.1, 0.15) is 6.23 Å². The van der Waals surface area contributed by atoms with Crippen LogP contribution in [-0.2, 0) is 4.74 Å². The molecule has 0 radical (unpaired) electrons. The van der Waals surface area contributed by atoms with E-state index in [-0.39, 0.29) is 5.82 Å². The van der Waals surface area contributed by atoms with Gasteiger partial charge in [0.1, 0.15) is 18.0 Å². The molecule has 0 spiro atoms. The number of hydrogen-bond donors (Lipinski definition) is 3. The summed E-state index contributed by atoms with van der Waals surface area (Å²) in [5, 5.41) is 18.4. The second-order valence-corrected chi connectivity index (χ2v) is 3.72. The highest BCUT2D eigenvalue weighted by atomic mass is 19.1. The van der Waals surface area contributed by atoms with E-state index in [1.807, 2.05) is 0 Å². The van der Waals surface area contributed by atoms with Gasteiger partial charge in [-0.25, -0.2) is 9.18 Å². The van der Waals surface area contributed by atoms with Crippen molar-refractivity contribution in [1.29, 1.82) is 0 Å². The third-order valence-electron chi connectivity index (χ3n) is 2.59. The molecule has 1 aliphatic rings. The van der Waals surface area contributed by atoms with E-state index in [4.69, 9.17) is 15.6 Å². The summed E-state index contributed by atoms with van der Waals surface area (Å²) in [5.41, 5.74) is 4.55. The zero-order chi connectivity index (χ0) is 12.6. The Kier molecular flexibility index (Phi) is 3.09. The number of ether oxygens (including phenoxy) is 1. The lowest BCUT2D eigenvalue weighted by Crippen LogP contribution is -2.34. The molecule has 7 nitrogen and oxygen atoms in total. The second-order valence-electron chi connectivity index (χ2n) is 3.72. The summed E-state index contributed by atoms with van der Waals surface area (Å²) < 4.78 is 19.4. The Hall–Kier alpha value is -1.51. The van der Waals surface area contributed by atoms with Gasteiger partial charge < -0.3 is 20.7 Å². The lowest BCUT2D eigenvalue weighted by atomic mass is 10.1. The Labute approximate surface area is 95.3 Å². The predicted octanol–water partition coefficient (Wildman–Crippen LogP) is -1.59. The molecule has 1 fully saturated rings. The topological polar surface area (TPSA) is 111 Å². The minimum atomic E-state index is -1.76. The molecule has 1 unspecified atom stereocenters. The minimum absolute atomic E-state index is 0.0224. The molecular weight excluding hydrogens is 233 g/mol. The van der Waals surface area contributed by atoms with Gasteiger partial charge in [-0.15, -0.1) is 0 Å². The Bertz CT molecular complexity index is 466. The van der Waals surface area contributed by atoms with Gasteiger partial charge in [-0.05, 0) is 6.07 Å². The zero-order valence-electron chi connectivity index (χ0n) is 8.73. The van der Waals surface area contributed by atoms with Crippen molar-refractivity contribution in [2.75, 3.05) is 12.3 Å². The molecular formula is C9H12FN3O4. The first-order valence-electron chi connectivity index (χ1n) is 4.97. The van der Waals surface area contributed by atoms with E-state index in [0.29, 0.717) is 0 Å². The molecule has 1 aromatic rings. The van der Waals surface area contributed by atoms with Gasteiger partial charge in [-0.2, -0.15) is 4.98 Å². The van der Waals surface area contributed by atoms with E-state index in [2.05, 4.69) is 4.98 Å². The van der Waals surface area contributed by atoms with Crippen molar-refractivity contribution in [1.82, 2.24) is 9.55 Å². The van der Waals surface area contributed by atoms with Crippen molar-refractivity contribution in [2.45, 2.75) is 24.6 Å². The van der Waals surface area contributed by atoms with E-state index in [1.165, 1.54) is 12.3 Å². The largest absolute Gasteiger partial charge is 0.394 e. The summed E-state index contributed by atoms with van der Waals surface area (Å²) in [4.78, 5) is 14.9. The molecule has 0 aromatic carbocycles. The van der Waals surface area contributed by atoms with Crippen LogP contribution in [0, 0.1) is 0 Å². The molecule has 0 saturated carbocycles. The van der Waals surface area contributed by atoms with Crippen molar-refractivity contribution < 1.29 is 19.3 Å². The number of nitrogens with two attached hydrogens (primary N) is 1. The lowest BCUT2D eigenvalue weighted by molar-refractivity contribution is -0.0536. The molecule has 1 saturated heterocycles. The van der Waals surface area contributed by atoms with Gasteiger partial charge in [-0.3, -0.25) is 4.57 Å². The van der Waals surface area contributed by atoms with E-state index < -0.39 is 36.9 Å². The fourth-order valence-corrected chi connectivity index (χ4v) is 1.71. The molecule has 8 heteroatoms. The van der Waals surface area contributed by atoms with Crippen LogP contribution in [-0.4, -0.2) is 44.8 Å². The van der Waals surface area contributed by atoms with Gasteiger partial charge in [0.05, 0.1) is 6.61 Å². The van der Waals surface area contributed by atoms with Crippen molar-refractivity contribution in [2.24, 2.45) is 0 Å². The first kappa shape index (κ1) is 12.0. The van der Waals surface area contributed by atoms with Crippen LogP contribution < -0.4 is 11.4 Å². The van der Waals surface area contributed by atoms with Gasteiger partial charge in [-0.1, -0.05) is 0 Å². The number of nitrogen functional groups attached to an aromatic ring is 1. The summed E-state index contributed by atoms with van der Waals surface area (Å²) in [6.07, 6.45) is -4.39. The number of aliphatic hydroxyl groups is 2. The summed E-state index contributed by atoms with van der Waals surface area (Å²) in [6, 6.07) is 1.33. The zero-order valence-corrected chi connectivity index (χ0v) is 8.73. The third-order valence-corrected chi connectivity index (χ3v) is 2.59. The molecule has 0 bridgehead atoms. The Morgan fingerprint density at radius 2 is 2.35 bits per heavy atom. The number of aliphatic hydroxyl groups excluding tert-OH is 2. The molecule has 0 amide bonds. The van der Waals surface area contributed by atoms with E-state index in [9.17, 15) is 14.3 Å². The fraction of sp³-hybridized carbons (Fsp3) is 0.556. The van der Waals surface area contributed by atoms with Crippen molar-refractivity contribution in [3.63, 3.8) is 0 Å². The van der Waals surface area contributed by atoms with Gasteiger partial charge >= 0.3 is 5.69 Å². The SMILES string of the molecule is Nc1ccn(C2O[C@H](CO)[C@@H](F)[C@H]2O)c(=O)n1. The number of hydrogen-bond acceptors (Lipinski definition) is 6. The third kappa shape index (κ3) is 2.02. The van der Waals surface area contributed by atoms with Crippen molar-refractivity contribution in [3.05, 3.63) is 22.7 Å². The summed E-state index contributed by atoms with van der Waals surface area (Å²) in [7, 11) is 0. The summed E-state index contributed by atoms with van der Waals surface area (Å²) in [6.45, 7) is -0.578. The maximum Gasteiger partial charge on any atom is 0.351 e. The van der Waals surface area contributed by atoms with Crippen LogP contribution in [0.4, 0.5) is 10.2 Å². The maximum atomic E-state index is 13.4. The first-order chi connectivity index (χ1) is 8.04. The number of aromatic nitrogens is 2. The van der Waals surface area contributed by atoms with E-state index in [1.54, 1.807) is 0 Å². The molecule has 1 aliphatic heterocycles. The second kappa shape index (κ2) is 4.40. The van der Waals surface area contributed by atoms with E-state index in [0.717, 1.165) is 4.57 Å². The van der Waals surface area contributed by atoms with Gasteiger partial charge in [0.15, 0.2) is 12.4 Å². The molecule has 2 heterocycles. The normalized spacial score (nSPS) is 32.9. The molecule has 94 valence electrons. The molecule has 0 aliphatic carbocycles. The average molecular weight is 245 g/mol. The Morgan fingerprint density at radius 1 is 1.65 bits per heavy atom. The van der Waals surface area contributed by atoms with Crippen LogP contribution in [0.25, 0.3) is 0 Å². The van der Waals surface area contributed by atoms with E-state index >= 15 is 0 Å². The number of alkyl halides is 1. The van der Waals surface area contributed by atoms with Crippen molar-refractivity contribution >= 4 is 5.82 Å². The number of anilines is 1. The van der Waals surface area contributed by atoms with Crippen molar-refractivity contribution in [3.8, 4) is 0 Å². The molecule has 4 atom stereocenters. The monoisotopic (exact) mass is 245 g/mol. The number of rotatable bonds is 2. The number of nitrogens with zero attached hydrogens (tertiary/aromatic N) is 2. The van der Waals surface area contributed by atoms with Gasteiger partial charge in [0.25, 0.3) is 0 Å². The first-order valence-corrected chi connectivity index (χ1v) is 4.97. The standard InChI is InChI=1S/C9H12FN3O4/c10-6-4(3-14)17-8(7(6)15)13-2-1-5(11)12-9(13)16/h1-2,4,6-8,14-15H,3H2,(H2,11,12,16)/t4-,6-,7-,8?/m1/s1. The summed E-state index contributed by atoms with van der Waals surface area (Å²) in [5.74, 6) is 0.0224. The highest BCUT2D eigenvalue weighted by molar-refractivity contribution is 5.23. The lowest BCUT2D eigenvalue weighted by Gasteiger charge is -2.16. The molecule has 4 N–H and O–H groups in total. The van der Waals surface area contributed by atoms with Crippen LogP contribution in [0.3, 0.4) is 0 Å². The minimum Gasteiger partial charge on any atom is -0.394 e. The van der Waals surface area contributed by atoms with Crippen LogP contribution in [0.2, 0.25) is 0 Å². The maximum absolute atomic E-state index is 13.4. The highest BCUT2D eigenvalue weighted by Crippen LogP contribution is 2.30. The Morgan fingerprint density at radius 3 is 2.88 bits per heavy atom. The van der Waals surface area contributed by atoms with Gasteiger partial charge in [0, 0.05) is 6.20 Å². The Balaban J connectivity index is 2.32. The van der Waals surface area contributed by atoms with Crippen LogP contribution >= 0.6 is 0 Å². The average Bonchev–Trinajstić information content (AvgIpc) is 2.57. The van der Waals surface area contributed by atoms with Gasteiger partial charge in [0.2, 0.25) is 0 Å². The quantitative estimate of drug-likeness (QED) is 0.579. The fourth-order valence-electron chi connectivity index (χ4n) is 1.71. The molecule has 2 rings (SSSR count). The number of halogens is 1. The highest BCUT2D eigenvalue weighted by Gasteiger charge is 2.45. The smallest absolute Gasteiger partial charge is 0.351 e. The molecule has 1 aromatic heterocycles. The van der Waals surface area contributed by atoms with Crippen LogP contribution in [0.5, 0.6) is 0 Å². The van der Waals surface area contributed by atoms with Crippen LogP contribution in [0.15, 0.2) is 17.1 Å². The summed E-state index contributed by atoms with van der Waals surface area (Å²) >= 11 is 0. The predicted molar refractivity (Wildman–Crippen MR) is 54.8 cm³/mol.